The van der Waals surface area contributed by atoms with Gasteiger partial charge in [-0.25, -0.2) is 4.79 Å². The van der Waals surface area contributed by atoms with Crippen LogP contribution in [0.15, 0.2) is 24.3 Å². The number of hydrogen-bond acceptors (Lipinski definition) is 6. The molecule has 1 amide bonds. The lowest BCUT2D eigenvalue weighted by atomic mass is 9.66. The number of aliphatic carboxylic acids is 1. The van der Waals surface area contributed by atoms with E-state index in [4.69, 9.17) is 9.47 Å². The van der Waals surface area contributed by atoms with Crippen molar-refractivity contribution in [1.29, 1.82) is 0 Å². The van der Waals surface area contributed by atoms with Crippen LogP contribution in [-0.2, 0) is 28.7 Å². The average molecular weight is 381 g/mol. The Labute approximate surface area is 158 Å². The number of carbonyl (C=O) groups is 4. The number of rotatable bonds is 7. The minimum atomic E-state index is -1.49. The number of carboxylic acid groups (broad SMARTS) is 1. The largest absolute Gasteiger partial charge is 0.480 e. The maximum Gasteiger partial charge on any atom is 0.326 e. The summed E-state index contributed by atoms with van der Waals surface area (Å²) < 4.78 is 9.53. The van der Waals surface area contributed by atoms with Gasteiger partial charge in [0.05, 0.1) is 14.2 Å². The van der Waals surface area contributed by atoms with Crippen molar-refractivity contribution in [3.63, 3.8) is 0 Å². The van der Waals surface area contributed by atoms with E-state index in [1.54, 1.807) is 13.8 Å². The Hall–Kier alpha value is -2.64. The maximum absolute atomic E-state index is 12.5. The number of allylic oxidation sites excluding steroid dienone is 1. The molecule has 8 nitrogen and oxygen atoms in total. The van der Waals surface area contributed by atoms with E-state index < -0.39 is 41.2 Å². The van der Waals surface area contributed by atoms with Crippen molar-refractivity contribution >= 4 is 23.8 Å². The van der Waals surface area contributed by atoms with Gasteiger partial charge in [-0.15, -0.1) is 0 Å². The Bertz CT molecular complexity index is 649. The van der Waals surface area contributed by atoms with Crippen molar-refractivity contribution in [1.82, 2.24) is 5.32 Å². The fraction of sp³-hybridized carbons (Fsp3) is 0.579. The zero-order chi connectivity index (χ0) is 20.9. The number of carboxylic acids is 1. The molecule has 0 bridgehead atoms. The SMILES string of the molecule is C=C1CC(C(=O)OC)(C(=O)OC)CCC1C(=C)C(=O)N[C@H](C(=O)O)C(C)C. The number of amides is 1. The van der Waals surface area contributed by atoms with Gasteiger partial charge in [0.2, 0.25) is 5.91 Å². The molecule has 1 fully saturated rings. The van der Waals surface area contributed by atoms with E-state index in [9.17, 15) is 24.3 Å². The van der Waals surface area contributed by atoms with E-state index in [1.165, 1.54) is 14.2 Å². The standard InChI is InChI=1S/C19H27NO7/c1-10(2)14(16(22)23)20-15(21)12(4)13-7-8-19(9-11(13)3,17(24)26-5)18(25)27-6/h10,13-14H,3-4,7-9H2,1-2,5-6H3,(H,20,21)(H,22,23)/t13?,14-/m0/s1. The number of nitrogens with one attached hydrogen (secondary N) is 1. The molecule has 1 aliphatic rings. The highest BCUT2D eigenvalue weighted by molar-refractivity contribution is 6.01. The molecule has 27 heavy (non-hydrogen) atoms. The summed E-state index contributed by atoms with van der Waals surface area (Å²) in [5, 5.41) is 11.7. The predicted octanol–water partition coefficient (Wildman–Crippen LogP) is 1.46. The molecule has 0 aromatic heterocycles. The summed E-state index contributed by atoms with van der Waals surface area (Å²) >= 11 is 0. The zero-order valence-electron chi connectivity index (χ0n) is 16.2. The monoisotopic (exact) mass is 381 g/mol. The Morgan fingerprint density at radius 1 is 1.19 bits per heavy atom. The van der Waals surface area contributed by atoms with Crippen LogP contribution in [-0.4, -0.2) is 49.2 Å². The maximum atomic E-state index is 12.5. The van der Waals surface area contributed by atoms with Crippen LogP contribution in [0.1, 0.15) is 33.1 Å². The fourth-order valence-electron chi connectivity index (χ4n) is 3.34. The van der Waals surface area contributed by atoms with Gasteiger partial charge in [0.25, 0.3) is 0 Å². The molecule has 2 N–H and O–H groups in total. The van der Waals surface area contributed by atoms with Gasteiger partial charge < -0.3 is 19.9 Å². The first kappa shape index (κ1) is 22.4. The summed E-state index contributed by atoms with van der Waals surface area (Å²) in [7, 11) is 2.37. The zero-order valence-corrected chi connectivity index (χ0v) is 16.2. The number of hydrogen-bond donors (Lipinski definition) is 2. The van der Waals surface area contributed by atoms with Crippen LogP contribution in [0.5, 0.6) is 0 Å². The second-order valence-corrected chi connectivity index (χ2v) is 7.05. The molecule has 0 aliphatic heterocycles. The molecular formula is C19H27NO7. The highest BCUT2D eigenvalue weighted by Gasteiger charge is 2.52. The number of esters is 2. The van der Waals surface area contributed by atoms with Crippen LogP contribution in [0.3, 0.4) is 0 Å². The van der Waals surface area contributed by atoms with Gasteiger partial charge in [0, 0.05) is 11.5 Å². The molecule has 8 heteroatoms. The normalized spacial score (nSPS) is 19.7. The van der Waals surface area contributed by atoms with Crippen molar-refractivity contribution in [2.75, 3.05) is 14.2 Å². The van der Waals surface area contributed by atoms with Crippen LogP contribution in [0, 0.1) is 17.3 Å². The first-order valence-corrected chi connectivity index (χ1v) is 8.58. The topological polar surface area (TPSA) is 119 Å². The minimum Gasteiger partial charge on any atom is -0.480 e. The van der Waals surface area contributed by atoms with E-state index in [0.29, 0.717) is 5.57 Å². The van der Waals surface area contributed by atoms with E-state index in [-0.39, 0.29) is 30.8 Å². The Morgan fingerprint density at radius 2 is 1.70 bits per heavy atom. The summed E-state index contributed by atoms with van der Waals surface area (Å²) in [6, 6.07) is -1.05. The summed E-state index contributed by atoms with van der Waals surface area (Å²) in [6.45, 7) is 11.1. The average Bonchev–Trinajstić information content (AvgIpc) is 2.62. The van der Waals surface area contributed by atoms with E-state index >= 15 is 0 Å². The van der Waals surface area contributed by atoms with Gasteiger partial charge in [-0.05, 0) is 25.2 Å². The van der Waals surface area contributed by atoms with Crippen molar-refractivity contribution in [3.05, 3.63) is 24.3 Å². The van der Waals surface area contributed by atoms with E-state index in [0.717, 1.165) is 0 Å². The lowest BCUT2D eigenvalue weighted by Crippen LogP contribution is -2.47. The van der Waals surface area contributed by atoms with Crippen molar-refractivity contribution in [2.24, 2.45) is 17.3 Å². The van der Waals surface area contributed by atoms with Crippen molar-refractivity contribution in [3.8, 4) is 0 Å². The van der Waals surface area contributed by atoms with Gasteiger partial charge in [-0.1, -0.05) is 32.6 Å². The molecule has 0 spiro atoms. The fourth-order valence-corrected chi connectivity index (χ4v) is 3.34. The lowest BCUT2D eigenvalue weighted by molar-refractivity contribution is -0.171. The van der Waals surface area contributed by atoms with Gasteiger partial charge in [-0.3, -0.25) is 14.4 Å². The lowest BCUT2D eigenvalue weighted by Gasteiger charge is -2.37. The smallest absolute Gasteiger partial charge is 0.326 e. The molecule has 1 saturated carbocycles. The van der Waals surface area contributed by atoms with Crippen LogP contribution in [0.2, 0.25) is 0 Å². The van der Waals surface area contributed by atoms with E-state index in [1.807, 2.05) is 0 Å². The molecule has 150 valence electrons. The summed E-state index contributed by atoms with van der Waals surface area (Å²) in [6.07, 6.45) is 0.333. The third-order valence-electron chi connectivity index (χ3n) is 4.97. The first-order valence-electron chi connectivity index (χ1n) is 8.58. The van der Waals surface area contributed by atoms with Gasteiger partial charge in [-0.2, -0.15) is 0 Å². The molecule has 1 aliphatic carbocycles. The first-order chi connectivity index (χ1) is 12.5. The molecule has 0 aromatic rings. The Morgan fingerprint density at radius 3 is 2.07 bits per heavy atom. The Balaban J connectivity index is 2.96. The van der Waals surface area contributed by atoms with Crippen LogP contribution in [0.25, 0.3) is 0 Å². The molecule has 0 radical (unpaired) electrons. The van der Waals surface area contributed by atoms with Gasteiger partial charge in [0.1, 0.15) is 6.04 Å². The molecule has 2 atom stereocenters. The molecule has 0 saturated heterocycles. The predicted molar refractivity (Wildman–Crippen MR) is 96.5 cm³/mol. The van der Waals surface area contributed by atoms with E-state index in [2.05, 4.69) is 18.5 Å². The summed E-state index contributed by atoms with van der Waals surface area (Å²) in [4.78, 5) is 48.1. The molecule has 0 heterocycles. The second-order valence-electron chi connectivity index (χ2n) is 7.05. The van der Waals surface area contributed by atoms with Gasteiger partial charge in [0.15, 0.2) is 5.41 Å². The van der Waals surface area contributed by atoms with Crippen LogP contribution < -0.4 is 5.32 Å². The quantitative estimate of drug-likeness (QED) is 0.296. The van der Waals surface area contributed by atoms with Crippen molar-refractivity contribution < 1.29 is 33.8 Å². The van der Waals surface area contributed by atoms with Crippen LogP contribution >= 0.6 is 0 Å². The second kappa shape index (κ2) is 8.83. The summed E-state index contributed by atoms with van der Waals surface area (Å²) in [5.41, 5.74) is -0.876. The number of carbonyl (C=O) groups excluding carboxylic acids is 3. The van der Waals surface area contributed by atoms with Gasteiger partial charge >= 0.3 is 17.9 Å². The molecule has 1 rings (SSSR count). The highest BCUT2D eigenvalue weighted by atomic mass is 16.5. The highest BCUT2D eigenvalue weighted by Crippen LogP contribution is 2.45. The molecule has 0 aromatic carbocycles. The third-order valence-corrected chi connectivity index (χ3v) is 4.97. The van der Waals surface area contributed by atoms with Crippen molar-refractivity contribution in [2.45, 2.75) is 39.2 Å². The molecular weight excluding hydrogens is 354 g/mol. The summed E-state index contributed by atoms with van der Waals surface area (Å²) in [5.74, 6) is -3.94. The minimum absolute atomic E-state index is 0.0319. The Kier molecular flexibility index (Phi) is 7.33. The number of ether oxygens (including phenoxy) is 2. The molecule has 1 unspecified atom stereocenters. The van der Waals surface area contributed by atoms with Crippen LogP contribution in [0.4, 0.5) is 0 Å². The number of methoxy groups -OCH3 is 2. The third kappa shape index (κ3) is 4.56.